The Morgan fingerprint density at radius 2 is 1.85 bits per heavy atom. The molecule has 0 aliphatic heterocycles. The van der Waals surface area contributed by atoms with Gasteiger partial charge in [-0.3, -0.25) is 0 Å². The molecule has 1 heterocycles. The van der Waals surface area contributed by atoms with Crippen LogP contribution in [0.1, 0.15) is 5.56 Å². The smallest absolute Gasteiger partial charge is 0.205 e. The van der Waals surface area contributed by atoms with Gasteiger partial charge in [-0.05, 0) is 35.4 Å². The van der Waals surface area contributed by atoms with Gasteiger partial charge in [-0.15, -0.1) is 10.2 Å². The monoisotopic (exact) mass is 266 g/mol. The molecule has 2 aromatic carbocycles. The van der Waals surface area contributed by atoms with Gasteiger partial charge in [0.25, 0.3) is 0 Å². The average molecular weight is 266 g/mol. The maximum atomic E-state index is 5.39. The molecule has 1 N–H and O–H groups in total. The Morgan fingerprint density at radius 3 is 2.50 bits per heavy atom. The van der Waals surface area contributed by atoms with Gasteiger partial charge in [0.1, 0.15) is 5.75 Å². The van der Waals surface area contributed by atoms with E-state index in [2.05, 4.69) is 32.8 Å². The first-order chi connectivity index (χ1) is 9.81. The summed E-state index contributed by atoms with van der Waals surface area (Å²) in [6.45, 7) is 2.00. The molecule has 0 fully saturated rings. The predicted molar refractivity (Wildman–Crippen MR) is 76.3 cm³/mol. The van der Waals surface area contributed by atoms with Crippen molar-refractivity contribution < 1.29 is 4.74 Å². The van der Waals surface area contributed by atoms with Crippen LogP contribution in [-0.2, 0) is 0 Å². The minimum atomic E-state index is 0.570. The highest BCUT2D eigenvalue weighted by molar-refractivity contribution is 5.84. The van der Waals surface area contributed by atoms with E-state index >= 15 is 0 Å². The number of nitrogens with zero attached hydrogens (tertiary/aromatic N) is 3. The highest BCUT2D eigenvalue weighted by Crippen LogP contribution is 2.36. The summed E-state index contributed by atoms with van der Waals surface area (Å²) in [4.78, 5) is 0. The number of aromatic amines is 1. The number of hydrogen-bond donors (Lipinski definition) is 1. The number of ether oxygens (including phenoxy) is 1. The fourth-order valence-electron chi connectivity index (χ4n) is 2.33. The summed E-state index contributed by atoms with van der Waals surface area (Å²) in [6.07, 6.45) is 0. The van der Waals surface area contributed by atoms with Crippen LogP contribution in [0.3, 0.4) is 0 Å². The SMILES string of the molecule is COc1ccc(-c2ccccc2)c(-c2nn[nH]n2)c1C. The summed E-state index contributed by atoms with van der Waals surface area (Å²) in [5.41, 5.74) is 4.10. The molecule has 3 aromatic rings. The van der Waals surface area contributed by atoms with Crippen molar-refractivity contribution in [3.05, 3.63) is 48.0 Å². The summed E-state index contributed by atoms with van der Waals surface area (Å²) in [6, 6.07) is 14.1. The van der Waals surface area contributed by atoms with Crippen LogP contribution in [0.5, 0.6) is 5.75 Å². The lowest BCUT2D eigenvalue weighted by Crippen LogP contribution is -1.95. The van der Waals surface area contributed by atoms with Crippen LogP contribution in [0.2, 0.25) is 0 Å². The largest absolute Gasteiger partial charge is 0.496 e. The molecule has 5 heteroatoms. The number of tetrazole rings is 1. The van der Waals surface area contributed by atoms with Gasteiger partial charge in [-0.1, -0.05) is 30.3 Å². The molecule has 5 nitrogen and oxygen atoms in total. The van der Waals surface area contributed by atoms with Crippen molar-refractivity contribution in [3.8, 4) is 28.3 Å². The van der Waals surface area contributed by atoms with Crippen molar-refractivity contribution in [1.29, 1.82) is 0 Å². The van der Waals surface area contributed by atoms with E-state index in [0.29, 0.717) is 5.82 Å². The summed E-state index contributed by atoms with van der Waals surface area (Å²) >= 11 is 0. The molecule has 0 saturated heterocycles. The van der Waals surface area contributed by atoms with Crippen molar-refractivity contribution in [3.63, 3.8) is 0 Å². The second kappa shape index (κ2) is 5.13. The van der Waals surface area contributed by atoms with Crippen molar-refractivity contribution in [2.24, 2.45) is 0 Å². The molecule has 20 heavy (non-hydrogen) atoms. The van der Waals surface area contributed by atoms with Gasteiger partial charge in [0.15, 0.2) is 0 Å². The molecule has 100 valence electrons. The molecule has 0 spiro atoms. The van der Waals surface area contributed by atoms with Gasteiger partial charge in [0.2, 0.25) is 5.82 Å². The zero-order valence-electron chi connectivity index (χ0n) is 11.3. The van der Waals surface area contributed by atoms with E-state index in [4.69, 9.17) is 4.74 Å². The third kappa shape index (κ3) is 2.03. The lowest BCUT2D eigenvalue weighted by molar-refractivity contribution is 0.412. The zero-order chi connectivity index (χ0) is 13.9. The van der Waals surface area contributed by atoms with Crippen molar-refractivity contribution >= 4 is 0 Å². The Kier molecular flexibility index (Phi) is 3.16. The van der Waals surface area contributed by atoms with Crippen LogP contribution in [0.15, 0.2) is 42.5 Å². The summed E-state index contributed by atoms with van der Waals surface area (Å²) in [5.74, 6) is 1.38. The molecule has 0 aliphatic rings. The first-order valence-electron chi connectivity index (χ1n) is 6.28. The van der Waals surface area contributed by atoms with Crippen molar-refractivity contribution in [2.45, 2.75) is 6.92 Å². The van der Waals surface area contributed by atoms with Gasteiger partial charge >= 0.3 is 0 Å². The van der Waals surface area contributed by atoms with Crippen molar-refractivity contribution in [2.75, 3.05) is 7.11 Å². The second-order valence-corrected chi connectivity index (χ2v) is 4.42. The number of nitrogens with one attached hydrogen (secondary N) is 1. The molecule has 0 unspecified atom stereocenters. The fraction of sp³-hybridized carbons (Fsp3) is 0.133. The maximum Gasteiger partial charge on any atom is 0.205 e. The lowest BCUT2D eigenvalue weighted by atomic mass is 9.95. The third-order valence-corrected chi connectivity index (χ3v) is 3.29. The number of methoxy groups -OCH3 is 1. The first-order valence-corrected chi connectivity index (χ1v) is 6.28. The highest BCUT2D eigenvalue weighted by atomic mass is 16.5. The summed E-state index contributed by atoms with van der Waals surface area (Å²) in [7, 11) is 1.66. The number of aromatic nitrogens is 4. The lowest BCUT2D eigenvalue weighted by Gasteiger charge is -2.13. The maximum absolute atomic E-state index is 5.39. The molecule has 0 radical (unpaired) electrons. The van der Waals surface area contributed by atoms with Gasteiger partial charge < -0.3 is 4.74 Å². The van der Waals surface area contributed by atoms with Crippen LogP contribution in [0, 0.1) is 6.92 Å². The van der Waals surface area contributed by atoms with Crippen molar-refractivity contribution in [1.82, 2.24) is 20.6 Å². The van der Waals surface area contributed by atoms with E-state index in [1.165, 1.54) is 0 Å². The van der Waals surface area contributed by atoms with Gasteiger partial charge in [0, 0.05) is 11.1 Å². The molecule has 0 saturated carbocycles. The Hall–Kier alpha value is -2.69. The Labute approximate surface area is 116 Å². The normalized spacial score (nSPS) is 10.5. The number of benzene rings is 2. The summed E-state index contributed by atoms with van der Waals surface area (Å²) in [5, 5.41) is 14.4. The Balaban J connectivity index is 2.28. The van der Waals surface area contributed by atoms with E-state index < -0.39 is 0 Å². The highest BCUT2D eigenvalue weighted by Gasteiger charge is 2.16. The average Bonchev–Trinajstić information content (AvgIpc) is 3.01. The van der Waals surface area contributed by atoms with Gasteiger partial charge in [-0.25, -0.2) is 0 Å². The first kappa shape index (κ1) is 12.3. The van der Waals surface area contributed by atoms with E-state index in [0.717, 1.165) is 28.0 Å². The fourth-order valence-corrected chi connectivity index (χ4v) is 2.33. The number of hydrogen-bond acceptors (Lipinski definition) is 4. The minimum absolute atomic E-state index is 0.570. The number of rotatable bonds is 3. The quantitative estimate of drug-likeness (QED) is 0.791. The molecular formula is C15H14N4O. The molecule has 0 aliphatic carbocycles. The summed E-state index contributed by atoms with van der Waals surface area (Å²) < 4.78 is 5.39. The zero-order valence-corrected chi connectivity index (χ0v) is 11.3. The third-order valence-electron chi connectivity index (χ3n) is 3.29. The van der Waals surface area contributed by atoms with Crippen LogP contribution in [-0.4, -0.2) is 27.7 Å². The Morgan fingerprint density at radius 1 is 1.05 bits per heavy atom. The van der Waals surface area contributed by atoms with Gasteiger partial charge in [0.05, 0.1) is 7.11 Å². The molecule has 0 bridgehead atoms. The van der Waals surface area contributed by atoms with E-state index in [1.54, 1.807) is 7.11 Å². The molecular weight excluding hydrogens is 252 g/mol. The minimum Gasteiger partial charge on any atom is -0.496 e. The van der Waals surface area contributed by atoms with E-state index in [-0.39, 0.29) is 0 Å². The van der Waals surface area contributed by atoms with Crippen LogP contribution < -0.4 is 4.74 Å². The molecule has 0 atom stereocenters. The van der Waals surface area contributed by atoms with Crippen LogP contribution >= 0.6 is 0 Å². The molecule has 1 aromatic heterocycles. The molecule has 3 rings (SSSR count). The van der Waals surface area contributed by atoms with E-state index in [1.807, 2.05) is 37.3 Å². The predicted octanol–water partition coefficient (Wildman–Crippen LogP) is 2.85. The topological polar surface area (TPSA) is 63.7 Å². The second-order valence-electron chi connectivity index (χ2n) is 4.42. The van der Waals surface area contributed by atoms with Crippen LogP contribution in [0.25, 0.3) is 22.5 Å². The van der Waals surface area contributed by atoms with E-state index in [9.17, 15) is 0 Å². The van der Waals surface area contributed by atoms with Gasteiger partial charge in [-0.2, -0.15) is 5.21 Å². The van der Waals surface area contributed by atoms with Crippen LogP contribution in [0.4, 0.5) is 0 Å². The molecule has 0 amide bonds. The Bertz CT molecular complexity index is 708. The standard InChI is InChI=1S/C15H14N4O/c1-10-13(20-2)9-8-12(11-6-4-3-5-7-11)14(10)15-16-18-19-17-15/h3-9H,1-2H3,(H,16,17,18,19). The number of H-pyrrole nitrogens is 1.